The Morgan fingerprint density at radius 1 is 1.00 bits per heavy atom. The summed E-state index contributed by atoms with van der Waals surface area (Å²) in [7, 11) is 1.93. The lowest BCUT2D eigenvalue weighted by atomic mass is 9.76. The first-order valence-corrected chi connectivity index (χ1v) is 10.8. The van der Waals surface area contributed by atoms with Crippen LogP contribution in [0, 0.1) is 5.41 Å². The van der Waals surface area contributed by atoms with E-state index >= 15 is 0 Å². The smallest absolute Gasteiger partial charge is 0.0639 e. The Morgan fingerprint density at radius 2 is 1.77 bits per heavy atom. The Kier molecular flexibility index (Phi) is 5.97. The molecule has 0 unspecified atom stereocenters. The number of hydrogen-bond acceptors (Lipinski definition) is 3. The molecule has 3 heteroatoms. The zero-order chi connectivity index (χ0) is 17.8. The second-order valence-electron chi connectivity index (χ2n) is 8.86. The second kappa shape index (κ2) is 8.41. The van der Waals surface area contributed by atoms with Crippen LogP contribution in [-0.2, 0) is 11.2 Å². The summed E-state index contributed by atoms with van der Waals surface area (Å²) < 4.78 is 5.90. The van der Waals surface area contributed by atoms with Gasteiger partial charge >= 0.3 is 0 Å². The van der Waals surface area contributed by atoms with E-state index < -0.39 is 0 Å². The maximum atomic E-state index is 5.90. The van der Waals surface area contributed by atoms with Crippen molar-refractivity contribution in [3.63, 3.8) is 0 Å². The van der Waals surface area contributed by atoms with E-state index in [9.17, 15) is 0 Å². The van der Waals surface area contributed by atoms with Crippen molar-refractivity contribution in [2.45, 2.75) is 63.5 Å². The van der Waals surface area contributed by atoms with Crippen LogP contribution < -0.4 is 0 Å². The zero-order valence-corrected chi connectivity index (χ0v) is 16.5. The van der Waals surface area contributed by atoms with Crippen LogP contribution in [0.2, 0.25) is 0 Å². The van der Waals surface area contributed by atoms with Gasteiger partial charge in [0.1, 0.15) is 0 Å². The lowest BCUT2D eigenvalue weighted by molar-refractivity contribution is -0.0509. The van der Waals surface area contributed by atoms with E-state index in [1.807, 2.05) is 7.11 Å². The Labute approximate surface area is 159 Å². The molecule has 3 aliphatic rings. The predicted octanol–water partition coefficient (Wildman–Crippen LogP) is 3.97. The van der Waals surface area contributed by atoms with Crippen LogP contribution in [0.1, 0.15) is 50.5 Å². The number of likely N-dealkylation sites (tertiary alicyclic amines) is 2. The molecule has 0 amide bonds. The monoisotopic (exact) mass is 356 g/mol. The van der Waals surface area contributed by atoms with Crippen molar-refractivity contribution in [2.75, 3.05) is 39.8 Å². The minimum atomic E-state index is 0.470. The number of rotatable bonds is 5. The van der Waals surface area contributed by atoms with Crippen LogP contribution >= 0.6 is 0 Å². The topological polar surface area (TPSA) is 15.7 Å². The quantitative estimate of drug-likeness (QED) is 0.794. The average Bonchev–Trinajstić information content (AvgIpc) is 3.09. The van der Waals surface area contributed by atoms with Gasteiger partial charge in [-0.2, -0.15) is 0 Å². The van der Waals surface area contributed by atoms with Gasteiger partial charge in [0.05, 0.1) is 6.10 Å². The number of benzene rings is 1. The molecule has 2 heterocycles. The molecule has 2 atom stereocenters. The first kappa shape index (κ1) is 18.5. The van der Waals surface area contributed by atoms with Crippen molar-refractivity contribution < 1.29 is 4.74 Å². The average molecular weight is 357 g/mol. The highest BCUT2D eigenvalue weighted by atomic mass is 16.5. The molecule has 1 aromatic carbocycles. The molecule has 1 saturated carbocycles. The summed E-state index contributed by atoms with van der Waals surface area (Å²) in [4.78, 5) is 5.52. The van der Waals surface area contributed by atoms with E-state index in [4.69, 9.17) is 4.74 Å². The fourth-order valence-electron chi connectivity index (χ4n) is 5.89. The molecule has 1 spiro atoms. The molecule has 2 saturated heterocycles. The van der Waals surface area contributed by atoms with Gasteiger partial charge in [-0.05, 0) is 70.1 Å². The Bertz CT molecular complexity index is 555. The van der Waals surface area contributed by atoms with Crippen molar-refractivity contribution in [1.29, 1.82) is 0 Å². The molecule has 1 aromatic rings. The minimum Gasteiger partial charge on any atom is -0.381 e. The van der Waals surface area contributed by atoms with Crippen LogP contribution in [0.25, 0.3) is 0 Å². The highest BCUT2D eigenvalue weighted by Gasteiger charge is 2.46. The maximum absolute atomic E-state index is 5.90. The summed E-state index contributed by atoms with van der Waals surface area (Å²) in [5, 5.41) is 0. The molecule has 144 valence electrons. The lowest BCUT2D eigenvalue weighted by Gasteiger charge is -2.48. The van der Waals surface area contributed by atoms with E-state index in [1.165, 1.54) is 89.7 Å². The predicted molar refractivity (Wildman–Crippen MR) is 107 cm³/mol. The molecule has 0 bridgehead atoms. The number of ether oxygens (including phenoxy) is 1. The zero-order valence-electron chi connectivity index (χ0n) is 16.5. The van der Waals surface area contributed by atoms with Gasteiger partial charge in [-0.15, -0.1) is 0 Å². The molecule has 1 aliphatic carbocycles. The van der Waals surface area contributed by atoms with E-state index in [2.05, 4.69) is 40.1 Å². The molecule has 0 N–H and O–H groups in total. The summed E-state index contributed by atoms with van der Waals surface area (Å²) in [6.45, 7) is 6.36. The fourth-order valence-corrected chi connectivity index (χ4v) is 5.89. The fraction of sp³-hybridized carbons (Fsp3) is 0.739. The van der Waals surface area contributed by atoms with Crippen LogP contribution in [0.3, 0.4) is 0 Å². The third-order valence-corrected chi connectivity index (χ3v) is 7.38. The van der Waals surface area contributed by atoms with E-state index in [0.717, 1.165) is 6.04 Å². The van der Waals surface area contributed by atoms with Gasteiger partial charge in [-0.25, -0.2) is 0 Å². The number of hydrogen-bond donors (Lipinski definition) is 0. The molecule has 26 heavy (non-hydrogen) atoms. The molecule has 2 aliphatic heterocycles. The highest BCUT2D eigenvalue weighted by Crippen LogP contribution is 2.47. The third kappa shape index (κ3) is 4.00. The Balaban J connectivity index is 1.26. The maximum Gasteiger partial charge on any atom is 0.0639 e. The van der Waals surface area contributed by atoms with E-state index in [1.54, 1.807) is 0 Å². The van der Waals surface area contributed by atoms with E-state index in [0.29, 0.717) is 11.5 Å². The summed E-state index contributed by atoms with van der Waals surface area (Å²) in [6.07, 6.45) is 11.2. The van der Waals surface area contributed by atoms with Crippen LogP contribution in [0.5, 0.6) is 0 Å². The van der Waals surface area contributed by atoms with Gasteiger partial charge < -0.3 is 9.64 Å². The molecular formula is C23H36N2O. The SMILES string of the molecule is CO[C@@H]1CCC[C@]12CCCN(C1CCN(CCc3ccccc3)CC1)C2. The van der Waals surface area contributed by atoms with Crippen molar-refractivity contribution in [1.82, 2.24) is 9.80 Å². The van der Waals surface area contributed by atoms with Gasteiger partial charge in [-0.3, -0.25) is 4.90 Å². The van der Waals surface area contributed by atoms with E-state index in [-0.39, 0.29) is 0 Å². The minimum absolute atomic E-state index is 0.470. The molecular weight excluding hydrogens is 320 g/mol. The van der Waals surface area contributed by atoms with Crippen molar-refractivity contribution >= 4 is 0 Å². The number of piperidine rings is 2. The second-order valence-corrected chi connectivity index (χ2v) is 8.86. The van der Waals surface area contributed by atoms with Gasteiger partial charge in [0.2, 0.25) is 0 Å². The standard InChI is InChI=1S/C23H36N2O/c1-26-22-9-5-13-23(22)14-6-15-25(19-23)21-11-17-24(18-12-21)16-10-20-7-3-2-4-8-20/h2-4,7-8,21-22H,5-6,9-19H2,1H3/t22-,23-/m1/s1. The summed E-state index contributed by atoms with van der Waals surface area (Å²) >= 11 is 0. The normalized spacial score (nSPS) is 31.7. The van der Waals surface area contributed by atoms with Gasteiger partial charge in [0.25, 0.3) is 0 Å². The van der Waals surface area contributed by atoms with Crippen LogP contribution in [-0.4, -0.2) is 61.8 Å². The van der Waals surface area contributed by atoms with Crippen LogP contribution in [0.4, 0.5) is 0 Å². The molecule has 0 aromatic heterocycles. The largest absolute Gasteiger partial charge is 0.381 e. The van der Waals surface area contributed by atoms with Gasteiger partial charge in [0.15, 0.2) is 0 Å². The molecule has 3 nitrogen and oxygen atoms in total. The summed E-state index contributed by atoms with van der Waals surface area (Å²) in [5.41, 5.74) is 1.94. The number of methoxy groups -OCH3 is 1. The Hall–Kier alpha value is -0.900. The van der Waals surface area contributed by atoms with Crippen molar-refractivity contribution in [2.24, 2.45) is 5.41 Å². The molecule has 4 rings (SSSR count). The van der Waals surface area contributed by atoms with Crippen molar-refractivity contribution in [3.8, 4) is 0 Å². The highest BCUT2D eigenvalue weighted by molar-refractivity contribution is 5.14. The first-order chi connectivity index (χ1) is 12.8. The molecule has 3 fully saturated rings. The lowest BCUT2D eigenvalue weighted by Crippen LogP contribution is -2.53. The van der Waals surface area contributed by atoms with Crippen LogP contribution in [0.15, 0.2) is 30.3 Å². The Morgan fingerprint density at radius 3 is 2.54 bits per heavy atom. The summed E-state index contributed by atoms with van der Waals surface area (Å²) in [5.74, 6) is 0. The number of nitrogens with zero attached hydrogens (tertiary/aromatic N) is 2. The summed E-state index contributed by atoms with van der Waals surface area (Å²) in [6, 6.07) is 11.7. The van der Waals surface area contributed by atoms with Gasteiger partial charge in [0, 0.05) is 31.7 Å². The third-order valence-electron chi connectivity index (χ3n) is 7.38. The van der Waals surface area contributed by atoms with Crippen molar-refractivity contribution in [3.05, 3.63) is 35.9 Å². The van der Waals surface area contributed by atoms with Gasteiger partial charge in [-0.1, -0.05) is 36.8 Å². The molecule has 0 radical (unpaired) electrons. The first-order valence-electron chi connectivity index (χ1n) is 10.8.